The van der Waals surface area contributed by atoms with Crippen molar-refractivity contribution in [2.24, 2.45) is 5.92 Å². The first-order valence-corrected chi connectivity index (χ1v) is 6.47. The summed E-state index contributed by atoms with van der Waals surface area (Å²) in [6.45, 7) is 8.45. The number of hydrogen-bond donors (Lipinski definition) is 1. The van der Waals surface area contributed by atoms with E-state index in [9.17, 15) is 9.90 Å². The number of hydrogen-bond acceptors (Lipinski definition) is 3. The second-order valence-electron chi connectivity index (χ2n) is 5.81. The number of carbonyl (C=O) groups is 1. The predicted octanol–water partition coefficient (Wildman–Crippen LogP) is 2.40. The van der Waals surface area contributed by atoms with Crippen LogP contribution in [-0.2, 0) is 4.74 Å². The Hall–Kier alpha value is -0.770. The van der Waals surface area contributed by atoms with Gasteiger partial charge in [-0.05, 0) is 39.5 Å². The van der Waals surface area contributed by atoms with Crippen LogP contribution in [0, 0.1) is 5.92 Å². The molecule has 0 aromatic rings. The highest BCUT2D eigenvalue weighted by atomic mass is 16.6. The molecule has 1 N–H and O–H groups in total. The molecule has 0 unspecified atom stereocenters. The van der Waals surface area contributed by atoms with Gasteiger partial charge in [0.15, 0.2) is 0 Å². The van der Waals surface area contributed by atoms with Gasteiger partial charge in [0.2, 0.25) is 0 Å². The maximum atomic E-state index is 12.0. The van der Waals surface area contributed by atoms with Crippen LogP contribution in [0.5, 0.6) is 0 Å². The number of ether oxygens (including phenoxy) is 1. The Morgan fingerprint density at radius 1 is 1.47 bits per heavy atom. The smallest absolute Gasteiger partial charge is 0.410 e. The maximum absolute atomic E-state index is 12.0. The first-order valence-electron chi connectivity index (χ1n) is 6.47. The Labute approximate surface area is 104 Å². The van der Waals surface area contributed by atoms with Crippen molar-refractivity contribution in [2.75, 3.05) is 13.2 Å². The van der Waals surface area contributed by atoms with E-state index >= 15 is 0 Å². The number of aliphatic hydroxyl groups excluding tert-OH is 1. The third-order valence-corrected chi connectivity index (χ3v) is 3.24. The molecule has 1 amide bonds. The second-order valence-corrected chi connectivity index (χ2v) is 5.81. The number of rotatable bonds is 2. The lowest BCUT2D eigenvalue weighted by atomic mass is 9.89. The summed E-state index contributed by atoms with van der Waals surface area (Å²) in [6.07, 6.45) is 2.70. The molecule has 1 heterocycles. The number of carbonyl (C=O) groups excluding carboxylic acids is 1. The van der Waals surface area contributed by atoms with Gasteiger partial charge >= 0.3 is 6.09 Å². The summed E-state index contributed by atoms with van der Waals surface area (Å²) in [5.41, 5.74) is -0.474. The molecule has 1 aliphatic heterocycles. The lowest BCUT2D eigenvalue weighted by molar-refractivity contribution is -0.00487. The fourth-order valence-electron chi connectivity index (χ4n) is 2.24. The topological polar surface area (TPSA) is 49.8 Å². The summed E-state index contributed by atoms with van der Waals surface area (Å²) in [5.74, 6) is 0.617. The Bertz CT molecular complexity index is 260. The molecule has 2 atom stereocenters. The predicted molar refractivity (Wildman–Crippen MR) is 66.8 cm³/mol. The highest BCUT2D eigenvalue weighted by Gasteiger charge is 2.33. The Balaban J connectivity index is 2.60. The van der Waals surface area contributed by atoms with Gasteiger partial charge in [-0.25, -0.2) is 4.79 Å². The van der Waals surface area contributed by atoms with E-state index in [0.29, 0.717) is 12.5 Å². The van der Waals surface area contributed by atoms with Crippen LogP contribution in [0.4, 0.5) is 4.79 Å². The number of nitrogens with zero attached hydrogens (tertiary/aromatic N) is 1. The Morgan fingerprint density at radius 3 is 2.59 bits per heavy atom. The molecule has 1 fully saturated rings. The molecule has 100 valence electrons. The normalized spacial score (nSPS) is 25.8. The van der Waals surface area contributed by atoms with E-state index in [-0.39, 0.29) is 18.7 Å². The van der Waals surface area contributed by atoms with Crippen molar-refractivity contribution in [2.45, 2.75) is 58.6 Å². The molecule has 0 spiro atoms. The van der Waals surface area contributed by atoms with Gasteiger partial charge < -0.3 is 14.7 Å². The van der Waals surface area contributed by atoms with Crippen LogP contribution in [0.15, 0.2) is 0 Å². The lowest BCUT2D eigenvalue weighted by Gasteiger charge is -2.39. The van der Waals surface area contributed by atoms with Gasteiger partial charge in [-0.15, -0.1) is 0 Å². The van der Waals surface area contributed by atoms with Crippen molar-refractivity contribution in [3.8, 4) is 0 Å². The highest BCUT2D eigenvalue weighted by molar-refractivity contribution is 5.68. The van der Waals surface area contributed by atoms with Crippen LogP contribution in [0.25, 0.3) is 0 Å². The van der Waals surface area contributed by atoms with Crippen LogP contribution < -0.4 is 0 Å². The summed E-state index contributed by atoms with van der Waals surface area (Å²) < 4.78 is 5.35. The molecule has 4 nitrogen and oxygen atoms in total. The molecular weight excluding hydrogens is 218 g/mol. The van der Waals surface area contributed by atoms with E-state index in [2.05, 4.69) is 6.92 Å². The number of aliphatic hydroxyl groups is 1. The monoisotopic (exact) mass is 243 g/mol. The fraction of sp³-hybridized carbons (Fsp3) is 0.923. The average Bonchev–Trinajstić information content (AvgIpc) is 2.25. The molecule has 1 aliphatic rings. The van der Waals surface area contributed by atoms with Crippen molar-refractivity contribution in [3.63, 3.8) is 0 Å². The summed E-state index contributed by atoms with van der Waals surface area (Å²) in [4.78, 5) is 13.6. The summed E-state index contributed by atoms with van der Waals surface area (Å²) in [7, 11) is 0. The first kappa shape index (κ1) is 14.3. The highest BCUT2D eigenvalue weighted by Crippen LogP contribution is 2.26. The standard InChI is InChI=1S/C13H25NO3/c1-5-10-6-7-14(11(8-10)9-15)12(16)17-13(2,3)4/h10-11,15H,5-9H2,1-4H3/t10-,11-/m0/s1. The van der Waals surface area contributed by atoms with E-state index in [0.717, 1.165) is 19.3 Å². The van der Waals surface area contributed by atoms with Gasteiger partial charge in [0, 0.05) is 6.54 Å². The van der Waals surface area contributed by atoms with Crippen LogP contribution in [0.2, 0.25) is 0 Å². The molecule has 4 heteroatoms. The van der Waals surface area contributed by atoms with E-state index in [1.807, 2.05) is 20.8 Å². The van der Waals surface area contributed by atoms with Gasteiger partial charge in [0.1, 0.15) is 5.60 Å². The van der Waals surface area contributed by atoms with E-state index < -0.39 is 5.60 Å². The summed E-state index contributed by atoms with van der Waals surface area (Å²) in [5, 5.41) is 9.37. The van der Waals surface area contributed by atoms with Gasteiger partial charge in [0.05, 0.1) is 12.6 Å². The summed E-state index contributed by atoms with van der Waals surface area (Å²) in [6, 6.07) is -0.0800. The van der Waals surface area contributed by atoms with Gasteiger partial charge in [-0.1, -0.05) is 13.3 Å². The molecule has 0 saturated carbocycles. The molecule has 0 aromatic carbocycles. The molecule has 0 radical (unpaired) electrons. The minimum Gasteiger partial charge on any atom is -0.444 e. The minimum absolute atomic E-state index is 0.0236. The van der Waals surface area contributed by atoms with E-state index in [4.69, 9.17) is 4.74 Å². The second kappa shape index (κ2) is 5.71. The van der Waals surface area contributed by atoms with E-state index in [1.54, 1.807) is 4.90 Å². The van der Waals surface area contributed by atoms with Crippen molar-refractivity contribution in [1.82, 2.24) is 4.90 Å². The van der Waals surface area contributed by atoms with Crippen molar-refractivity contribution in [3.05, 3.63) is 0 Å². The average molecular weight is 243 g/mol. The largest absolute Gasteiger partial charge is 0.444 e. The maximum Gasteiger partial charge on any atom is 0.410 e. The Morgan fingerprint density at radius 2 is 2.12 bits per heavy atom. The summed E-state index contributed by atoms with van der Waals surface area (Å²) >= 11 is 0. The number of amides is 1. The van der Waals surface area contributed by atoms with Crippen molar-refractivity contribution >= 4 is 6.09 Å². The lowest BCUT2D eigenvalue weighted by Crippen LogP contribution is -2.49. The first-order chi connectivity index (χ1) is 7.87. The molecule has 0 aliphatic carbocycles. The molecular formula is C13H25NO3. The van der Waals surface area contributed by atoms with Gasteiger partial charge in [-0.3, -0.25) is 0 Å². The van der Waals surface area contributed by atoms with Crippen molar-refractivity contribution in [1.29, 1.82) is 0 Å². The van der Waals surface area contributed by atoms with Crippen LogP contribution >= 0.6 is 0 Å². The van der Waals surface area contributed by atoms with Crippen LogP contribution in [-0.4, -0.2) is 40.9 Å². The quantitative estimate of drug-likeness (QED) is 0.810. The SMILES string of the molecule is CC[C@H]1CCN(C(=O)OC(C)(C)C)[C@H](CO)C1. The fourth-order valence-corrected chi connectivity index (χ4v) is 2.24. The zero-order valence-corrected chi connectivity index (χ0v) is 11.4. The van der Waals surface area contributed by atoms with Gasteiger partial charge in [0.25, 0.3) is 0 Å². The third-order valence-electron chi connectivity index (χ3n) is 3.24. The third kappa shape index (κ3) is 4.19. The zero-order valence-electron chi connectivity index (χ0n) is 11.4. The molecule has 0 bridgehead atoms. The van der Waals surface area contributed by atoms with Crippen molar-refractivity contribution < 1.29 is 14.6 Å². The molecule has 1 saturated heterocycles. The van der Waals surface area contributed by atoms with Crippen LogP contribution in [0.3, 0.4) is 0 Å². The van der Waals surface area contributed by atoms with Crippen LogP contribution in [0.1, 0.15) is 47.0 Å². The number of likely N-dealkylation sites (tertiary alicyclic amines) is 1. The molecule has 0 aromatic heterocycles. The minimum atomic E-state index is -0.474. The van der Waals surface area contributed by atoms with Gasteiger partial charge in [-0.2, -0.15) is 0 Å². The zero-order chi connectivity index (χ0) is 13.1. The Kier molecular flexibility index (Phi) is 4.80. The molecule has 1 rings (SSSR count). The van der Waals surface area contributed by atoms with E-state index in [1.165, 1.54) is 0 Å². The molecule has 17 heavy (non-hydrogen) atoms. The number of piperidine rings is 1.